The van der Waals surface area contributed by atoms with Crippen LogP contribution in [0, 0.1) is 0 Å². The van der Waals surface area contributed by atoms with Crippen LogP contribution in [0.1, 0.15) is 26.7 Å². The average Bonchev–Trinajstić information content (AvgIpc) is 2.04. The van der Waals surface area contributed by atoms with Gasteiger partial charge in [-0.05, 0) is 12.8 Å². The van der Waals surface area contributed by atoms with E-state index >= 15 is 0 Å². The molecule has 0 aliphatic heterocycles. The molecule has 5 nitrogen and oxygen atoms in total. The smallest absolute Gasteiger partial charge is 0.342 e. The Morgan fingerprint density at radius 2 is 1.77 bits per heavy atom. The van der Waals surface area contributed by atoms with Crippen molar-refractivity contribution in [3.8, 4) is 0 Å². The summed E-state index contributed by atoms with van der Waals surface area (Å²) in [7, 11) is -3.33. The topological polar surface area (TPSA) is 83.8 Å². The third-order valence-electron chi connectivity index (χ3n) is 2.29. The van der Waals surface area contributed by atoms with E-state index in [0.717, 1.165) is 7.11 Å². The van der Waals surface area contributed by atoms with Crippen LogP contribution in [-0.4, -0.2) is 28.0 Å². The monoisotopic (exact) mass is 210 g/mol. The third-order valence-corrected chi connectivity index (χ3v) is 4.22. The molecule has 0 fully saturated rings. The van der Waals surface area contributed by atoms with Gasteiger partial charge in [0.15, 0.2) is 5.16 Å². The highest BCUT2D eigenvalue weighted by molar-refractivity contribution is 7.54. The second-order valence-corrected chi connectivity index (χ2v) is 4.72. The molecule has 0 rings (SSSR count). The fourth-order valence-corrected chi connectivity index (χ4v) is 2.41. The van der Waals surface area contributed by atoms with Crippen LogP contribution in [0.15, 0.2) is 0 Å². The Balaban J connectivity index is 5.16. The van der Waals surface area contributed by atoms with Crippen LogP contribution in [0.2, 0.25) is 0 Å². The van der Waals surface area contributed by atoms with Crippen LogP contribution in [-0.2, 0) is 14.1 Å². The first kappa shape index (κ1) is 12.6. The number of carbonyl (C=O) groups excluding carboxylic acids is 1. The van der Waals surface area contributed by atoms with Crippen molar-refractivity contribution >= 4 is 13.6 Å². The predicted octanol–water partition coefficient (Wildman–Crippen LogP) is 0.896. The second kappa shape index (κ2) is 4.22. The zero-order valence-electron chi connectivity index (χ0n) is 7.98. The Hall–Kier alpha value is -0.380. The number of esters is 1. The molecule has 0 aromatic carbocycles. The minimum absolute atomic E-state index is 0.0699. The fraction of sp³-hybridized carbons (Fsp3) is 0.857. The van der Waals surface area contributed by atoms with Crippen LogP contribution in [0.4, 0.5) is 0 Å². The van der Waals surface area contributed by atoms with Gasteiger partial charge >= 0.3 is 13.6 Å². The van der Waals surface area contributed by atoms with E-state index in [0.29, 0.717) is 0 Å². The molecule has 0 atom stereocenters. The molecule has 0 aromatic rings. The first-order valence-electron chi connectivity index (χ1n) is 3.99. The van der Waals surface area contributed by atoms with E-state index in [1.54, 1.807) is 13.8 Å². The van der Waals surface area contributed by atoms with Gasteiger partial charge in [-0.2, -0.15) is 0 Å². The lowest BCUT2D eigenvalue weighted by Crippen LogP contribution is -2.38. The van der Waals surface area contributed by atoms with Crippen LogP contribution < -0.4 is 0 Å². The molecule has 0 aliphatic rings. The first-order chi connectivity index (χ1) is 5.85. The Morgan fingerprint density at radius 1 is 1.38 bits per heavy atom. The van der Waals surface area contributed by atoms with Gasteiger partial charge in [-0.1, -0.05) is 13.8 Å². The molecule has 0 spiro atoms. The molecule has 0 radical (unpaired) electrons. The van der Waals surface area contributed by atoms with Crippen molar-refractivity contribution < 1.29 is 23.9 Å². The molecule has 0 amide bonds. The maximum Gasteiger partial charge on any atom is 0.342 e. The SMILES string of the molecule is CCC(CC)(C(=O)OC)P(=O)(O)O. The van der Waals surface area contributed by atoms with Crippen molar-refractivity contribution in [3.63, 3.8) is 0 Å². The standard InChI is InChI=1S/C7H15O5P/c1-4-7(5-2,6(8)12-3)13(9,10)11/h4-5H2,1-3H3,(H2,9,10,11). The molecule has 0 unspecified atom stereocenters. The lowest BCUT2D eigenvalue weighted by molar-refractivity contribution is -0.144. The van der Waals surface area contributed by atoms with Gasteiger partial charge in [-0.25, -0.2) is 0 Å². The van der Waals surface area contributed by atoms with Crippen molar-refractivity contribution in [2.75, 3.05) is 7.11 Å². The number of methoxy groups -OCH3 is 1. The summed E-state index contributed by atoms with van der Waals surface area (Å²) in [6.07, 6.45) is 0.140. The Labute approximate surface area is 77.3 Å². The highest BCUT2D eigenvalue weighted by Crippen LogP contribution is 2.54. The van der Waals surface area contributed by atoms with Crippen molar-refractivity contribution in [1.82, 2.24) is 0 Å². The quantitative estimate of drug-likeness (QED) is 0.532. The molecule has 0 aromatic heterocycles. The third kappa shape index (κ3) is 2.10. The lowest BCUT2D eigenvalue weighted by Gasteiger charge is -2.28. The highest BCUT2D eigenvalue weighted by atomic mass is 31.2. The van der Waals surface area contributed by atoms with Crippen LogP contribution in [0.25, 0.3) is 0 Å². The number of rotatable bonds is 4. The molecule has 2 N–H and O–H groups in total. The van der Waals surface area contributed by atoms with Crippen molar-refractivity contribution in [2.45, 2.75) is 31.8 Å². The largest absolute Gasteiger partial charge is 0.468 e. The number of ether oxygens (including phenoxy) is 1. The number of carbonyl (C=O) groups is 1. The molecule has 13 heavy (non-hydrogen) atoms. The molecule has 0 aliphatic carbocycles. The van der Waals surface area contributed by atoms with Crippen molar-refractivity contribution in [2.24, 2.45) is 0 Å². The summed E-state index contributed by atoms with van der Waals surface area (Å²) >= 11 is 0. The van der Waals surface area contributed by atoms with Gasteiger partial charge in [0.2, 0.25) is 0 Å². The normalized spacial score (nSPS) is 12.7. The van der Waals surface area contributed by atoms with E-state index in [1.807, 2.05) is 0 Å². The van der Waals surface area contributed by atoms with Gasteiger partial charge in [0, 0.05) is 0 Å². The van der Waals surface area contributed by atoms with Gasteiger partial charge in [0.25, 0.3) is 0 Å². The highest BCUT2D eigenvalue weighted by Gasteiger charge is 2.51. The molecule has 0 heterocycles. The fourth-order valence-electron chi connectivity index (χ4n) is 1.26. The predicted molar refractivity (Wildman–Crippen MR) is 47.4 cm³/mol. The zero-order valence-corrected chi connectivity index (χ0v) is 8.88. The van der Waals surface area contributed by atoms with Crippen LogP contribution >= 0.6 is 7.60 Å². The minimum atomic E-state index is -4.45. The summed E-state index contributed by atoms with van der Waals surface area (Å²) in [5.74, 6) is -0.842. The van der Waals surface area contributed by atoms with Crippen LogP contribution in [0.5, 0.6) is 0 Å². The Bertz CT molecular complexity index is 227. The minimum Gasteiger partial charge on any atom is -0.468 e. The molecule has 0 saturated carbocycles. The maximum absolute atomic E-state index is 11.2. The Morgan fingerprint density at radius 3 is 1.85 bits per heavy atom. The van der Waals surface area contributed by atoms with E-state index in [2.05, 4.69) is 4.74 Å². The van der Waals surface area contributed by atoms with E-state index < -0.39 is 18.7 Å². The molecule has 6 heteroatoms. The second-order valence-electron chi connectivity index (χ2n) is 2.77. The molecule has 78 valence electrons. The zero-order chi connectivity index (χ0) is 10.7. The summed E-state index contributed by atoms with van der Waals surface area (Å²) in [6.45, 7) is 3.11. The summed E-state index contributed by atoms with van der Waals surface area (Å²) in [4.78, 5) is 29.3. The molecule has 0 saturated heterocycles. The Kier molecular flexibility index (Phi) is 4.10. The van der Waals surface area contributed by atoms with Gasteiger partial charge in [-0.15, -0.1) is 0 Å². The van der Waals surface area contributed by atoms with E-state index in [1.165, 1.54) is 0 Å². The van der Waals surface area contributed by atoms with Gasteiger partial charge in [0.05, 0.1) is 7.11 Å². The summed E-state index contributed by atoms with van der Waals surface area (Å²) < 4.78 is 15.5. The van der Waals surface area contributed by atoms with E-state index in [-0.39, 0.29) is 12.8 Å². The van der Waals surface area contributed by atoms with Gasteiger partial charge in [0.1, 0.15) is 0 Å². The average molecular weight is 210 g/mol. The van der Waals surface area contributed by atoms with Gasteiger partial charge < -0.3 is 14.5 Å². The van der Waals surface area contributed by atoms with Crippen LogP contribution in [0.3, 0.4) is 0 Å². The van der Waals surface area contributed by atoms with Crippen molar-refractivity contribution in [1.29, 1.82) is 0 Å². The van der Waals surface area contributed by atoms with Crippen molar-refractivity contribution in [3.05, 3.63) is 0 Å². The number of hydrogen-bond acceptors (Lipinski definition) is 3. The molecular formula is C7H15O5P. The van der Waals surface area contributed by atoms with E-state index in [4.69, 9.17) is 9.79 Å². The number of hydrogen-bond donors (Lipinski definition) is 2. The first-order valence-corrected chi connectivity index (χ1v) is 5.61. The lowest BCUT2D eigenvalue weighted by atomic mass is 10.0. The van der Waals surface area contributed by atoms with Gasteiger partial charge in [-0.3, -0.25) is 9.36 Å². The summed E-state index contributed by atoms with van der Waals surface area (Å²) in [5, 5.41) is -1.66. The molecule has 0 bridgehead atoms. The maximum atomic E-state index is 11.2. The van der Waals surface area contributed by atoms with E-state index in [9.17, 15) is 9.36 Å². The molecular weight excluding hydrogens is 195 g/mol. The summed E-state index contributed by atoms with van der Waals surface area (Å²) in [6, 6.07) is 0. The summed E-state index contributed by atoms with van der Waals surface area (Å²) in [5.41, 5.74) is 0.